The summed E-state index contributed by atoms with van der Waals surface area (Å²) >= 11 is 24.7. The predicted octanol–water partition coefficient (Wildman–Crippen LogP) is 7.98. The molecule has 1 atom stereocenters. The lowest BCUT2D eigenvalue weighted by Crippen LogP contribution is -2.40. The van der Waals surface area contributed by atoms with Gasteiger partial charge in [0, 0.05) is 24.8 Å². The van der Waals surface area contributed by atoms with Gasteiger partial charge < -0.3 is 15.1 Å². The van der Waals surface area contributed by atoms with Gasteiger partial charge in [0.05, 0.1) is 32.6 Å². The van der Waals surface area contributed by atoms with Gasteiger partial charge in [-0.2, -0.15) is 0 Å². The van der Waals surface area contributed by atoms with Crippen molar-refractivity contribution in [2.75, 3.05) is 29.9 Å². The lowest BCUT2D eigenvalue weighted by molar-refractivity contribution is -0.117. The fraction of sp³-hybridized carbons (Fsp3) is 0.310. The highest BCUT2D eigenvalue weighted by atomic mass is 35.5. The van der Waals surface area contributed by atoms with Crippen molar-refractivity contribution in [1.29, 1.82) is 0 Å². The molecule has 38 heavy (non-hydrogen) atoms. The monoisotopic (exact) mass is 591 g/mol. The molecule has 3 aromatic carbocycles. The molecule has 0 aromatic heterocycles. The van der Waals surface area contributed by atoms with E-state index in [9.17, 15) is 9.59 Å². The van der Waals surface area contributed by atoms with E-state index in [4.69, 9.17) is 46.4 Å². The molecular weight excluding hydrogens is 564 g/mol. The molecule has 0 bridgehead atoms. The minimum absolute atomic E-state index is 0.0882. The van der Waals surface area contributed by atoms with Crippen molar-refractivity contribution in [3.63, 3.8) is 0 Å². The summed E-state index contributed by atoms with van der Waals surface area (Å²) in [6, 6.07) is 16.1. The van der Waals surface area contributed by atoms with Crippen molar-refractivity contribution in [3.05, 3.63) is 91.4 Å². The molecule has 2 amide bonds. The summed E-state index contributed by atoms with van der Waals surface area (Å²) in [4.78, 5) is 29.9. The molecule has 1 aliphatic rings. The third-order valence-corrected chi connectivity index (χ3v) is 8.42. The first kappa shape index (κ1) is 28.7. The van der Waals surface area contributed by atoms with Crippen LogP contribution in [0.5, 0.6) is 0 Å². The molecule has 1 unspecified atom stereocenters. The van der Waals surface area contributed by atoms with Crippen LogP contribution in [0.1, 0.15) is 42.5 Å². The molecular formula is C29H29Cl4N3O2. The van der Waals surface area contributed by atoms with Crippen LogP contribution in [0, 0.1) is 6.92 Å². The van der Waals surface area contributed by atoms with E-state index in [-0.39, 0.29) is 24.3 Å². The molecule has 1 heterocycles. The minimum atomic E-state index is -0.248. The Balaban J connectivity index is 1.58. The first-order chi connectivity index (χ1) is 18.1. The van der Waals surface area contributed by atoms with Crippen molar-refractivity contribution in [1.82, 2.24) is 4.90 Å². The van der Waals surface area contributed by atoms with Crippen molar-refractivity contribution in [3.8, 4) is 0 Å². The summed E-state index contributed by atoms with van der Waals surface area (Å²) in [5, 5.41) is 4.69. The molecule has 5 nitrogen and oxygen atoms in total. The van der Waals surface area contributed by atoms with Crippen LogP contribution in [0.2, 0.25) is 20.1 Å². The van der Waals surface area contributed by atoms with Crippen molar-refractivity contribution >= 4 is 69.6 Å². The van der Waals surface area contributed by atoms with Gasteiger partial charge in [0.2, 0.25) is 11.8 Å². The highest BCUT2D eigenvalue weighted by Crippen LogP contribution is 2.37. The molecule has 1 N–H and O–H groups in total. The fourth-order valence-electron chi connectivity index (χ4n) is 4.83. The average molecular weight is 593 g/mol. The Hall–Kier alpha value is -2.28. The molecule has 9 heteroatoms. The number of hydrogen-bond acceptors (Lipinski definition) is 3. The van der Waals surface area contributed by atoms with E-state index in [1.165, 1.54) is 0 Å². The van der Waals surface area contributed by atoms with Crippen LogP contribution in [0.4, 0.5) is 11.4 Å². The summed E-state index contributed by atoms with van der Waals surface area (Å²) in [5.74, 6) is -0.253. The van der Waals surface area contributed by atoms with E-state index < -0.39 is 0 Å². The van der Waals surface area contributed by atoms with Gasteiger partial charge in [-0.05, 0) is 85.9 Å². The van der Waals surface area contributed by atoms with Gasteiger partial charge in [0.25, 0.3) is 0 Å². The van der Waals surface area contributed by atoms with Gasteiger partial charge >= 0.3 is 0 Å². The molecule has 3 aromatic rings. The minimum Gasteiger partial charge on any atom is -0.326 e. The Labute approximate surface area is 243 Å². The molecule has 0 aliphatic carbocycles. The van der Waals surface area contributed by atoms with Crippen LogP contribution in [0.15, 0.2) is 54.6 Å². The maximum Gasteiger partial charge on any atom is 0.228 e. The molecule has 4 rings (SSSR count). The average Bonchev–Trinajstić information content (AvgIpc) is 3.39. The van der Waals surface area contributed by atoms with Gasteiger partial charge in [-0.25, -0.2) is 0 Å². The number of amides is 2. The summed E-state index contributed by atoms with van der Waals surface area (Å²) < 4.78 is 0. The van der Waals surface area contributed by atoms with Crippen LogP contribution in [-0.2, 0) is 16.0 Å². The first-order valence-electron chi connectivity index (χ1n) is 12.4. The lowest BCUT2D eigenvalue weighted by Gasteiger charge is -2.35. The summed E-state index contributed by atoms with van der Waals surface area (Å²) in [5.41, 5.74) is 3.88. The largest absolute Gasteiger partial charge is 0.326 e. The smallest absolute Gasteiger partial charge is 0.228 e. The second kappa shape index (κ2) is 12.7. The Morgan fingerprint density at radius 2 is 1.58 bits per heavy atom. The predicted molar refractivity (Wildman–Crippen MR) is 158 cm³/mol. The molecule has 200 valence electrons. The molecule has 1 aliphatic heterocycles. The van der Waals surface area contributed by atoms with E-state index in [2.05, 4.69) is 10.2 Å². The highest BCUT2D eigenvalue weighted by Gasteiger charge is 2.29. The quantitative estimate of drug-likeness (QED) is 0.288. The number of halogens is 4. The van der Waals surface area contributed by atoms with Crippen molar-refractivity contribution in [2.24, 2.45) is 0 Å². The van der Waals surface area contributed by atoms with Crippen LogP contribution in [0.3, 0.4) is 0 Å². The number of carbonyl (C=O) groups excluding carboxylic acids is 2. The van der Waals surface area contributed by atoms with E-state index in [0.29, 0.717) is 32.3 Å². The second-order valence-corrected chi connectivity index (χ2v) is 11.1. The van der Waals surface area contributed by atoms with Crippen LogP contribution in [0.25, 0.3) is 0 Å². The maximum atomic E-state index is 13.1. The lowest BCUT2D eigenvalue weighted by atomic mass is 10.0. The zero-order chi connectivity index (χ0) is 27.4. The third kappa shape index (κ3) is 6.83. The van der Waals surface area contributed by atoms with Gasteiger partial charge in [-0.1, -0.05) is 64.6 Å². The SMILES string of the molecule is CC(=O)N(c1ccc(Cl)c(Cl)c1C)C(CN1CCCC1)c1ccc(NC(=O)Cc2ccc(Cl)c(Cl)c2)cc1. The number of nitrogens with zero attached hydrogens (tertiary/aromatic N) is 2. The van der Waals surface area contributed by atoms with Crippen molar-refractivity contribution < 1.29 is 9.59 Å². The zero-order valence-electron chi connectivity index (χ0n) is 21.2. The number of likely N-dealkylation sites (tertiary alicyclic amines) is 1. The molecule has 0 radical (unpaired) electrons. The molecule has 1 saturated heterocycles. The van der Waals surface area contributed by atoms with Gasteiger partial charge in [-0.15, -0.1) is 0 Å². The topological polar surface area (TPSA) is 52.7 Å². The number of nitrogens with one attached hydrogen (secondary N) is 1. The fourth-order valence-corrected chi connectivity index (χ4v) is 5.52. The van der Waals surface area contributed by atoms with Crippen LogP contribution >= 0.6 is 46.4 Å². The first-order valence-corrected chi connectivity index (χ1v) is 14.0. The van der Waals surface area contributed by atoms with E-state index in [1.807, 2.05) is 37.3 Å². The highest BCUT2D eigenvalue weighted by molar-refractivity contribution is 6.43. The second-order valence-electron chi connectivity index (χ2n) is 9.51. The number of hydrogen-bond donors (Lipinski definition) is 1. The summed E-state index contributed by atoms with van der Waals surface area (Å²) in [7, 11) is 0. The normalized spacial score (nSPS) is 14.4. The van der Waals surface area contributed by atoms with Gasteiger partial charge in [-0.3, -0.25) is 9.59 Å². The number of rotatable bonds is 8. The Bertz CT molecular complexity index is 1320. The summed E-state index contributed by atoms with van der Waals surface area (Å²) in [6.45, 7) is 6.11. The van der Waals surface area contributed by atoms with E-state index >= 15 is 0 Å². The molecule has 1 fully saturated rings. The van der Waals surface area contributed by atoms with Crippen LogP contribution < -0.4 is 10.2 Å². The number of benzene rings is 3. The van der Waals surface area contributed by atoms with Crippen molar-refractivity contribution in [2.45, 2.75) is 39.2 Å². The number of anilines is 2. The zero-order valence-corrected chi connectivity index (χ0v) is 24.3. The van der Waals surface area contributed by atoms with E-state index in [1.54, 1.807) is 36.1 Å². The van der Waals surface area contributed by atoms with Gasteiger partial charge in [0.15, 0.2) is 0 Å². The van der Waals surface area contributed by atoms with Gasteiger partial charge in [0.1, 0.15) is 0 Å². The summed E-state index contributed by atoms with van der Waals surface area (Å²) in [6.07, 6.45) is 2.45. The Morgan fingerprint density at radius 3 is 2.21 bits per heavy atom. The molecule has 0 saturated carbocycles. The van der Waals surface area contributed by atoms with Crippen LogP contribution in [-0.4, -0.2) is 36.3 Å². The third-order valence-electron chi connectivity index (χ3n) is 6.78. The Morgan fingerprint density at radius 1 is 0.921 bits per heavy atom. The molecule has 0 spiro atoms. The standard InChI is InChI=1S/C29H29Cl4N3O2/c1-18-26(12-11-24(31)29(18)33)36(19(2)37)27(17-35-13-3-4-14-35)21-6-8-22(9-7-21)34-28(38)16-20-5-10-23(30)25(32)15-20/h5-12,15,27H,3-4,13-14,16-17H2,1-2H3,(H,34,38). The maximum absolute atomic E-state index is 13.1. The number of carbonyl (C=O) groups is 2. The van der Waals surface area contributed by atoms with E-state index in [0.717, 1.165) is 48.3 Å². The Kier molecular flexibility index (Phi) is 9.61.